The monoisotopic (exact) mass is 328 g/mol. The molecule has 1 amide bonds. The van der Waals surface area contributed by atoms with E-state index >= 15 is 0 Å². The van der Waals surface area contributed by atoms with Crippen molar-refractivity contribution >= 4 is 45.9 Å². The van der Waals surface area contributed by atoms with E-state index in [0.717, 1.165) is 21.5 Å². The van der Waals surface area contributed by atoms with Crippen LogP contribution in [-0.2, 0) is 4.79 Å². The van der Waals surface area contributed by atoms with Crippen LogP contribution >= 0.6 is 23.4 Å². The SMILES string of the molecule is O=C(CSc1ccc(Cl)cc1)Nc1cccc2ncccc12. The van der Waals surface area contributed by atoms with Crippen LogP contribution in [0.5, 0.6) is 0 Å². The maximum absolute atomic E-state index is 12.1. The number of rotatable bonds is 4. The average molecular weight is 329 g/mol. The molecular weight excluding hydrogens is 316 g/mol. The van der Waals surface area contributed by atoms with Crippen LogP contribution in [0.2, 0.25) is 5.02 Å². The molecule has 3 rings (SSSR count). The minimum atomic E-state index is -0.0451. The van der Waals surface area contributed by atoms with Gasteiger partial charge in [-0.05, 0) is 48.5 Å². The third kappa shape index (κ3) is 3.59. The van der Waals surface area contributed by atoms with Crippen molar-refractivity contribution in [1.82, 2.24) is 4.98 Å². The number of aromatic nitrogens is 1. The van der Waals surface area contributed by atoms with Crippen LogP contribution in [0.1, 0.15) is 0 Å². The quantitative estimate of drug-likeness (QED) is 0.711. The molecule has 0 saturated carbocycles. The maximum Gasteiger partial charge on any atom is 0.234 e. The molecule has 2 aromatic carbocycles. The Balaban J connectivity index is 1.67. The first-order valence-electron chi connectivity index (χ1n) is 6.74. The second-order valence-electron chi connectivity index (χ2n) is 4.67. The molecule has 1 aromatic heterocycles. The molecule has 1 N–H and O–H groups in total. The van der Waals surface area contributed by atoms with E-state index in [1.807, 2.05) is 54.6 Å². The zero-order chi connectivity index (χ0) is 15.4. The number of nitrogens with zero attached hydrogens (tertiary/aromatic N) is 1. The summed E-state index contributed by atoms with van der Waals surface area (Å²) in [6, 6.07) is 16.9. The number of amides is 1. The lowest BCUT2D eigenvalue weighted by Gasteiger charge is -2.08. The summed E-state index contributed by atoms with van der Waals surface area (Å²) in [6.07, 6.45) is 1.74. The van der Waals surface area contributed by atoms with Gasteiger partial charge < -0.3 is 5.32 Å². The highest BCUT2D eigenvalue weighted by Gasteiger charge is 2.07. The fourth-order valence-electron chi connectivity index (χ4n) is 2.08. The third-order valence-electron chi connectivity index (χ3n) is 3.10. The van der Waals surface area contributed by atoms with Crippen molar-refractivity contribution in [2.75, 3.05) is 11.1 Å². The lowest BCUT2D eigenvalue weighted by atomic mass is 10.2. The van der Waals surface area contributed by atoms with Gasteiger partial charge in [-0.3, -0.25) is 9.78 Å². The van der Waals surface area contributed by atoms with Crippen LogP contribution in [0, 0.1) is 0 Å². The molecule has 1 heterocycles. The van der Waals surface area contributed by atoms with Crippen LogP contribution in [-0.4, -0.2) is 16.6 Å². The molecule has 22 heavy (non-hydrogen) atoms. The van der Waals surface area contributed by atoms with Crippen molar-refractivity contribution < 1.29 is 4.79 Å². The molecule has 110 valence electrons. The summed E-state index contributed by atoms with van der Waals surface area (Å²) in [5, 5.41) is 4.57. The van der Waals surface area contributed by atoms with E-state index < -0.39 is 0 Å². The molecule has 0 saturated heterocycles. The van der Waals surface area contributed by atoms with E-state index in [9.17, 15) is 4.79 Å². The number of thioether (sulfide) groups is 1. The highest BCUT2D eigenvalue weighted by Crippen LogP contribution is 2.23. The summed E-state index contributed by atoms with van der Waals surface area (Å²) in [5.41, 5.74) is 1.65. The summed E-state index contributed by atoms with van der Waals surface area (Å²) in [4.78, 5) is 17.4. The third-order valence-corrected chi connectivity index (χ3v) is 4.37. The zero-order valence-corrected chi connectivity index (χ0v) is 13.2. The van der Waals surface area contributed by atoms with Crippen molar-refractivity contribution in [3.63, 3.8) is 0 Å². The standard InChI is InChI=1S/C17H13ClN2OS/c18-12-6-8-13(9-7-12)22-11-17(21)20-16-5-1-4-15-14(16)3-2-10-19-15/h1-10H,11H2,(H,20,21). The Bertz CT molecular complexity index is 800. The lowest BCUT2D eigenvalue weighted by Crippen LogP contribution is -2.14. The van der Waals surface area contributed by atoms with Crippen LogP contribution in [0.4, 0.5) is 5.69 Å². The van der Waals surface area contributed by atoms with Gasteiger partial charge in [0.05, 0.1) is 17.0 Å². The van der Waals surface area contributed by atoms with Crippen molar-refractivity contribution in [1.29, 1.82) is 0 Å². The summed E-state index contributed by atoms with van der Waals surface area (Å²) >= 11 is 7.32. The van der Waals surface area contributed by atoms with E-state index in [2.05, 4.69) is 10.3 Å². The van der Waals surface area contributed by atoms with Gasteiger partial charge in [0.2, 0.25) is 5.91 Å². The Kier molecular flexibility index (Phi) is 4.61. The molecule has 5 heteroatoms. The summed E-state index contributed by atoms with van der Waals surface area (Å²) in [7, 11) is 0. The van der Waals surface area contributed by atoms with Gasteiger partial charge >= 0.3 is 0 Å². The van der Waals surface area contributed by atoms with Gasteiger partial charge in [0.15, 0.2) is 0 Å². The normalized spacial score (nSPS) is 10.6. The number of fused-ring (bicyclic) bond motifs is 1. The zero-order valence-electron chi connectivity index (χ0n) is 11.6. The van der Waals surface area contributed by atoms with E-state index in [4.69, 9.17) is 11.6 Å². The second kappa shape index (κ2) is 6.81. The first-order chi connectivity index (χ1) is 10.7. The van der Waals surface area contributed by atoms with E-state index in [1.165, 1.54) is 11.8 Å². The number of nitrogens with one attached hydrogen (secondary N) is 1. The largest absolute Gasteiger partial charge is 0.325 e. The van der Waals surface area contributed by atoms with Crippen LogP contribution in [0.15, 0.2) is 65.7 Å². The molecule has 0 atom stereocenters. The van der Waals surface area contributed by atoms with Crippen molar-refractivity contribution in [2.24, 2.45) is 0 Å². The van der Waals surface area contributed by atoms with Crippen molar-refractivity contribution in [3.05, 3.63) is 65.8 Å². The topological polar surface area (TPSA) is 42.0 Å². The smallest absolute Gasteiger partial charge is 0.234 e. The number of anilines is 1. The molecule has 3 aromatic rings. The first-order valence-corrected chi connectivity index (χ1v) is 8.11. The Hall–Kier alpha value is -2.04. The molecule has 0 spiro atoms. The number of hydrogen-bond donors (Lipinski definition) is 1. The molecule has 0 unspecified atom stereocenters. The first kappa shape index (κ1) is 14.9. The predicted molar refractivity (Wildman–Crippen MR) is 92.5 cm³/mol. The molecule has 0 bridgehead atoms. The molecule has 0 aliphatic rings. The Morgan fingerprint density at radius 3 is 2.73 bits per heavy atom. The van der Waals surface area contributed by atoms with Crippen LogP contribution < -0.4 is 5.32 Å². The van der Waals surface area contributed by atoms with Gasteiger partial charge in [-0.25, -0.2) is 0 Å². The Morgan fingerprint density at radius 2 is 1.91 bits per heavy atom. The minimum absolute atomic E-state index is 0.0451. The highest BCUT2D eigenvalue weighted by molar-refractivity contribution is 8.00. The maximum atomic E-state index is 12.1. The van der Waals surface area contributed by atoms with E-state index in [0.29, 0.717) is 10.8 Å². The van der Waals surface area contributed by atoms with Gasteiger partial charge in [0, 0.05) is 21.5 Å². The van der Waals surface area contributed by atoms with Gasteiger partial charge in [-0.2, -0.15) is 0 Å². The fraction of sp³-hybridized carbons (Fsp3) is 0.0588. The Morgan fingerprint density at radius 1 is 1.09 bits per heavy atom. The molecule has 0 aliphatic carbocycles. The Labute approximate surface area is 137 Å². The number of benzene rings is 2. The average Bonchev–Trinajstić information content (AvgIpc) is 2.55. The van der Waals surface area contributed by atoms with Crippen molar-refractivity contribution in [3.8, 4) is 0 Å². The highest BCUT2D eigenvalue weighted by atomic mass is 35.5. The number of carbonyl (C=O) groups excluding carboxylic acids is 1. The van der Waals surface area contributed by atoms with Gasteiger partial charge in [0.1, 0.15) is 0 Å². The van der Waals surface area contributed by atoms with Gasteiger partial charge in [-0.1, -0.05) is 17.7 Å². The summed E-state index contributed by atoms with van der Waals surface area (Å²) in [6.45, 7) is 0. The van der Waals surface area contributed by atoms with E-state index in [-0.39, 0.29) is 5.91 Å². The number of hydrogen-bond acceptors (Lipinski definition) is 3. The number of pyridine rings is 1. The van der Waals surface area contributed by atoms with Crippen LogP contribution in [0.3, 0.4) is 0 Å². The number of carbonyl (C=O) groups is 1. The summed E-state index contributed by atoms with van der Waals surface area (Å²) in [5.74, 6) is 0.300. The molecule has 0 fully saturated rings. The van der Waals surface area contributed by atoms with E-state index in [1.54, 1.807) is 6.20 Å². The second-order valence-corrected chi connectivity index (χ2v) is 6.15. The molecule has 3 nitrogen and oxygen atoms in total. The lowest BCUT2D eigenvalue weighted by molar-refractivity contribution is -0.113. The van der Waals surface area contributed by atoms with Crippen LogP contribution in [0.25, 0.3) is 10.9 Å². The number of halogens is 1. The fourth-order valence-corrected chi connectivity index (χ4v) is 2.90. The van der Waals surface area contributed by atoms with Gasteiger partial charge in [-0.15, -0.1) is 11.8 Å². The minimum Gasteiger partial charge on any atom is -0.325 e. The van der Waals surface area contributed by atoms with Crippen molar-refractivity contribution in [2.45, 2.75) is 4.90 Å². The summed E-state index contributed by atoms with van der Waals surface area (Å²) < 4.78 is 0. The van der Waals surface area contributed by atoms with Gasteiger partial charge in [0.25, 0.3) is 0 Å². The predicted octanol–water partition coefficient (Wildman–Crippen LogP) is 4.62. The molecular formula is C17H13ClN2OS. The molecule has 0 aliphatic heterocycles. The molecule has 0 radical (unpaired) electrons.